The molecule has 11 heteroatoms. The van der Waals surface area contributed by atoms with Crippen molar-refractivity contribution in [2.24, 2.45) is 5.73 Å². The van der Waals surface area contributed by atoms with Crippen molar-refractivity contribution >= 4 is 0 Å². The van der Waals surface area contributed by atoms with Crippen molar-refractivity contribution < 1.29 is 29.3 Å². The van der Waals surface area contributed by atoms with Crippen molar-refractivity contribution in [1.29, 1.82) is 0 Å². The minimum absolute atomic E-state index is 0. The summed E-state index contributed by atoms with van der Waals surface area (Å²) in [6, 6.07) is 23.8. The second-order valence-electron chi connectivity index (χ2n) is 8.61. The maximum Gasteiger partial charge on any atom is 1.00 e. The number of aryl methyl sites for hydroxylation is 2. The third kappa shape index (κ3) is 9.44. The summed E-state index contributed by atoms with van der Waals surface area (Å²) in [6.07, 6.45) is 12.5. The number of nitrogens with zero attached hydrogens (tertiary/aromatic N) is 7. The van der Waals surface area contributed by atoms with Gasteiger partial charge in [0.1, 0.15) is 12.5 Å². The second-order valence-corrected chi connectivity index (χ2v) is 8.61. The maximum absolute atomic E-state index is 5.33. The smallest absolute Gasteiger partial charge is 0.498 e. The van der Waals surface area contributed by atoms with E-state index in [1.165, 1.54) is 11.1 Å². The van der Waals surface area contributed by atoms with Gasteiger partial charge in [-0.15, -0.1) is 29.8 Å². The zero-order valence-electron chi connectivity index (χ0n) is 23.5. The molecule has 0 saturated carbocycles. The Morgan fingerprint density at radius 3 is 1.83 bits per heavy atom. The molecule has 0 aliphatic heterocycles. The van der Waals surface area contributed by atoms with Crippen LogP contribution in [0, 0.1) is 19.9 Å². The van der Waals surface area contributed by atoms with Crippen molar-refractivity contribution in [2.45, 2.75) is 13.8 Å². The zero-order valence-corrected chi connectivity index (χ0v) is 26.0. The first-order valence-corrected chi connectivity index (χ1v) is 12.8. The molecule has 215 valence electrons. The predicted octanol–water partition coefficient (Wildman–Crippen LogP) is 5.00. The van der Waals surface area contributed by atoms with Crippen molar-refractivity contribution in [2.75, 3.05) is 13.8 Å². The summed E-state index contributed by atoms with van der Waals surface area (Å²) >= 11 is 0. The normalized spacial score (nSPS) is 9.81. The summed E-state index contributed by atoms with van der Waals surface area (Å²) in [7, 11) is 1.62. The Morgan fingerprint density at radius 2 is 1.33 bits per heavy atom. The van der Waals surface area contributed by atoms with E-state index in [-0.39, 0.29) is 26.5 Å². The van der Waals surface area contributed by atoms with Crippen LogP contribution in [0.25, 0.3) is 22.9 Å². The van der Waals surface area contributed by atoms with E-state index in [0.717, 1.165) is 28.6 Å². The number of benzene rings is 1. The first-order valence-electron chi connectivity index (χ1n) is 12.8. The average molecular weight is 738 g/mol. The van der Waals surface area contributed by atoms with Crippen LogP contribution in [0.5, 0.6) is 11.5 Å². The van der Waals surface area contributed by atoms with Crippen LogP contribution in [-0.4, -0.2) is 48.4 Å². The van der Waals surface area contributed by atoms with Crippen LogP contribution in [0.15, 0.2) is 110 Å². The Kier molecular flexibility index (Phi) is 12.5. The largest absolute Gasteiger partial charge is 1.00 e. The van der Waals surface area contributed by atoms with Crippen LogP contribution in [0.2, 0.25) is 0 Å². The first-order chi connectivity index (χ1) is 20.1. The number of ether oxygens (including phenoxy) is 2. The molecule has 1 aromatic carbocycles. The van der Waals surface area contributed by atoms with Crippen LogP contribution in [0.1, 0.15) is 11.1 Å². The molecular formula is C31H31N8O2Os. The Balaban J connectivity index is 0.000000175. The summed E-state index contributed by atoms with van der Waals surface area (Å²) in [5.74, 6) is 3.18. The second kappa shape index (κ2) is 16.5. The summed E-state index contributed by atoms with van der Waals surface area (Å²) in [5.41, 5.74) is 9.33. The zero-order chi connectivity index (χ0) is 28.9. The van der Waals surface area contributed by atoms with Gasteiger partial charge in [0, 0.05) is 49.1 Å². The van der Waals surface area contributed by atoms with Crippen molar-refractivity contribution in [3.63, 3.8) is 0 Å². The molecule has 10 nitrogen and oxygen atoms in total. The minimum Gasteiger partial charge on any atom is -0.498 e. The summed E-state index contributed by atoms with van der Waals surface area (Å²) in [4.78, 5) is 12.6. The number of pyridine rings is 3. The molecule has 0 spiro atoms. The van der Waals surface area contributed by atoms with Gasteiger partial charge < -0.3 is 14.5 Å². The molecule has 0 unspecified atom stereocenters. The van der Waals surface area contributed by atoms with E-state index >= 15 is 0 Å². The quantitative estimate of drug-likeness (QED) is 0.188. The molecular weight excluding hydrogens is 707 g/mol. The van der Waals surface area contributed by atoms with Gasteiger partial charge in [0.25, 0.3) is 0 Å². The van der Waals surface area contributed by atoms with Gasteiger partial charge in [0.2, 0.25) is 0 Å². The Morgan fingerprint density at radius 1 is 0.738 bits per heavy atom. The molecule has 0 aliphatic rings. The van der Waals surface area contributed by atoms with Crippen molar-refractivity contribution in [3.8, 4) is 34.4 Å². The number of rotatable bonds is 6. The number of methoxy groups -OCH3 is 1. The monoisotopic (exact) mass is 739 g/mol. The molecule has 0 amide bonds. The first kappa shape index (κ1) is 31.8. The van der Waals surface area contributed by atoms with Gasteiger partial charge in [0.05, 0.1) is 7.11 Å². The minimum atomic E-state index is 0. The molecule has 0 bridgehead atoms. The Bertz CT molecular complexity index is 1550. The molecule has 0 atom stereocenters. The SMILES string of the molecule is COc1ccnc(-c2[c-]ccc(OCN)c2)c1.Cc1ccnc(-n2cccn2)c1.Cc1ccnc(-n2cccn2)c1.[Os+]. The standard InChI is InChI=1S/C13H13N2O2.2C9H9N3.Os/c1-16-11-5-6-15-13(8-11)10-3-2-4-12(7-10)17-9-14;2*1-8-3-5-10-9(7-8)12-6-2-4-11-12;/h2,4-8H,9,14H2,1H3;2*2-7H,1H3;/q-1;;;+1. The summed E-state index contributed by atoms with van der Waals surface area (Å²) in [5, 5.41) is 8.16. The number of nitrogens with two attached hydrogens (primary N) is 1. The number of aromatic nitrogens is 7. The van der Waals surface area contributed by atoms with Crippen LogP contribution in [0.4, 0.5) is 0 Å². The fourth-order valence-corrected chi connectivity index (χ4v) is 3.56. The Hall–Kier alpha value is -4.71. The average Bonchev–Trinajstić information content (AvgIpc) is 3.74. The van der Waals surface area contributed by atoms with Gasteiger partial charge >= 0.3 is 19.8 Å². The van der Waals surface area contributed by atoms with E-state index in [0.29, 0.717) is 5.75 Å². The fraction of sp³-hybridized carbons (Fsp3) is 0.129. The third-order valence-electron chi connectivity index (χ3n) is 5.55. The van der Waals surface area contributed by atoms with Gasteiger partial charge in [-0.3, -0.25) is 5.73 Å². The fourth-order valence-electron chi connectivity index (χ4n) is 3.56. The van der Waals surface area contributed by atoms with Crippen LogP contribution >= 0.6 is 0 Å². The van der Waals surface area contributed by atoms with Gasteiger partial charge in [-0.1, -0.05) is 0 Å². The van der Waals surface area contributed by atoms with E-state index in [9.17, 15) is 0 Å². The molecule has 0 aliphatic carbocycles. The molecule has 1 radical (unpaired) electrons. The molecule has 2 N–H and O–H groups in total. The summed E-state index contributed by atoms with van der Waals surface area (Å²) < 4.78 is 13.9. The predicted molar refractivity (Wildman–Crippen MR) is 157 cm³/mol. The Labute approximate surface area is 258 Å². The molecule has 42 heavy (non-hydrogen) atoms. The van der Waals surface area contributed by atoms with Crippen LogP contribution < -0.4 is 15.2 Å². The number of hydrogen-bond acceptors (Lipinski definition) is 8. The van der Waals surface area contributed by atoms with Gasteiger partial charge in [-0.05, 0) is 79.2 Å². The molecule has 0 fully saturated rings. The number of hydrogen-bond donors (Lipinski definition) is 1. The van der Waals surface area contributed by atoms with E-state index < -0.39 is 0 Å². The van der Waals surface area contributed by atoms with E-state index in [4.69, 9.17) is 15.2 Å². The van der Waals surface area contributed by atoms with Crippen LogP contribution in [-0.2, 0) is 19.8 Å². The van der Waals surface area contributed by atoms with E-state index in [1.54, 1.807) is 65.7 Å². The molecule has 5 aromatic heterocycles. The van der Waals surface area contributed by atoms with E-state index in [2.05, 4.69) is 31.2 Å². The molecule has 5 heterocycles. The van der Waals surface area contributed by atoms with Crippen molar-refractivity contribution in [3.05, 3.63) is 127 Å². The van der Waals surface area contributed by atoms with Gasteiger partial charge in [0.15, 0.2) is 11.6 Å². The molecule has 6 aromatic rings. The van der Waals surface area contributed by atoms with Crippen LogP contribution in [0.3, 0.4) is 0 Å². The van der Waals surface area contributed by atoms with E-state index in [1.807, 2.05) is 74.8 Å². The van der Waals surface area contributed by atoms with Crippen molar-refractivity contribution in [1.82, 2.24) is 34.5 Å². The molecule has 0 saturated heterocycles. The molecule has 6 rings (SSSR count). The summed E-state index contributed by atoms with van der Waals surface area (Å²) in [6.45, 7) is 4.22. The topological polar surface area (TPSA) is 119 Å². The maximum atomic E-state index is 5.33. The third-order valence-corrected chi connectivity index (χ3v) is 5.55. The van der Waals surface area contributed by atoms with Gasteiger partial charge in [-0.2, -0.15) is 10.2 Å². The van der Waals surface area contributed by atoms with Gasteiger partial charge in [-0.25, -0.2) is 19.3 Å².